The minimum atomic E-state index is -4.77. The topological polar surface area (TPSA) is 78.9 Å². The Hall–Kier alpha value is -3.07. The second-order valence-electron chi connectivity index (χ2n) is 6.24. The molecule has 1 atom stereocenters. The molecule has 0 fully saturated rings. The van der Waals surface area contributed by atoms with E-state index in [9.17, 15) is 22.8 Å². The van der Waals surface area contributed by atoms with E-state index in [0.29, 0.717) is 16.8 Å². The Kier molecular flexibility index (Phi) is 5.28. The summed E-state index contributed by atoms with van der Waals surface area (Å²) < 4.78 is 40.7. The minimum absolute atomic E-state index is 0.0937. The van der Waals surface area contributed by atoms with Crippen molar-refractivity contribution in [2.45, 2.75) is 18.8 Å². The van der Waals surface area contributed by atoms with Gasteiger partial charge in [-0.25, -0.2) is 0 Å². The zero-order chi connectivity index (χ0) is 20.5. The number of carbonyl (C=O) groups excluding carboxylic acids is 2. The summed E-state index contributed by atoms with van der Waals surface area (Å²) in [5, 5.41) is 11.7. The molecule has 0 bridgehead atoms. The third-order valence-electron chi connectivity index (χ3n) is 4.38. The van der Waals surface area contributed by atoms with E-state index in [2.05, 4.69) is 10.1 Å². The number of alkyl halides is 3. The number of nitrogens with one attached hydrogen (secondary N) is 1. The summed E-state index contributed by atoms with van der Waals surface area (Å²) in [6, 6.07) is 9.25. The summed E-state index contributed by atoms with van der Waals surface area (Å²) in [4.78, 5) is 26.3. The zero-order valence-electron chi connectivity index (χ0n) is 14.8. The lowest BCUT2D eigenvalue weighted by atomic mass is 10.0. The summed E-state index contributed by atoms with van der Waals surface area (Å²) in [6.45, 7) is -0.252. The maximum Gasteiger partial charge on any atom is 0.573 e. The summed E-state index contributed by atoms with van der Waals surface area (Å²) in [6.07, 6.45) is -4.68. The number of fused-ring (bicyclic) bond motifs is 1. The van der Waals surface area contributed by atoms with Crippen molar-refractivity contribution in [2.75, 3.05) is 18.6 Å². The van der Waals surface area contributed by atoms with Gasteiger partial charge in [-0.15, -0.1) is 13.2 Å². The van der Waals surface area contributed by atoms with Gasteiger partial charge in [-0.2, -0.15) is 0 Å². The highest BCUT2D eigenvalue weighted by Gasteiger charge is 2.32. The van der Waals surface area contributed by atoms with Gasteiger partial charge >= 0.3 is 6.36 Å². The van der Waals surface area contributed by atoms with Gasteiger partial charge in [0.15, 0.2) is 0 Å². The largest absolute Gasteiger partial charge is 0.573 e. The average molecular weight is 394 g/mol. The fraction of sp³-hybridized carbons (Fsp3) is 0.263. The van der Waals surface area contributed by atoms with Crippen molar-refractivity contribution in [1.82, 2.24) is 5.32 Å². The molecule has 3 rings (SSSR count). The van der Waals surface area contributed by atoms with Crippen molar-refractivity contribution in [2.24, 2.45) is 0 Å². The number of aliphatic hydroxyl groups excluding tert-OH is 1. The predicted octanol–water partition coefficient (Wildman–Crippen LogP) is 2.71. The van der Waals surface area contributed by atoms with Gasteiger partial charge in [-0.05, 0) is 41.8 Å². The predicted molar refractivity (Wildman–Crippen MR) is 94.9 cm³/mol. The first-order chi connectivity index (χ1) is 13.2. The number of ether oxygens (including phenoxy) is 1. The maximum atomic E-state index is 12.6. The van der Waals surface area contributed by atoms with Crippen LogP contribution in [0.25, 0.3) is 11.1 Å². The zero-order valence-corrected chi connectivity index (χ0v) is 14.8. The number of aliphatic hydroxyl groups is 1. The molecule has 9 heteroatoms. The summed E-state index contributed by atoms with van der Waals surface area (Å²) >= 11 is 0. The van der Waals surface area contributed by atoms with E-state index in [0.717, 1.165) is 0 Å². The summed E-state index contributed by atoms with van der Waals surface area (Å²) in [7, 11) is 1.54. The molecule has 1 aliphatic heterocycles. The summed E-state index contributed by atoms with van der Waals surface area (Å²) in [5.41, 5.74) is 1.83. The van der Waals surface area contributed by atoms with Crippen molar-refractivity contribution < 1.29 is 32.6 Å². The lowest BCUT2D eigenvalue weighted by Crippen LogP contribution is -2.45. The Morgan fingerprint density at radius 2 is 1.75 bits per heavy atom. The van der Waals surface area contributed by atoms with Crippen LogP contribution in [-0.2, 0) is 4.79 Å². The van der Waals surface area contributed by atoms with Crippen LogP contribution in [0, 0.1) is 0 Å². The third kappa shape index (κ3) is 4.09. The molecule has 2 N–H and O–H groups in total. The number of nitrogens with zero attached hydrogens (tertiary/aromatic N) is 1. The molecule has 0 spiro atoms. The molecule has 6 nitrogen and oxygen atoms in total. The monoisotopic (exact) mass is 394 g/mol. The normalized spacial score (nSPS) is 17.0. The minimum Gasteiger partial charge on any atom is -0.406 e. The van der Waals surface area contributed by atoms with Crippen molar-refractivity contribution in [1.29, 1.82) is 0 Å². The number of halogens is 3. The first-order valence-corrected chi connectivity index (χ1v) is 8.39. The van der Waals surface area contributed by atoms with Crippen LogP contribution in [0.5, 0.6) is 5.75 Å². The molecular weight excluding hydrogens is 377 g/mol. The van der Waals surface area contributed by atoms with E-state index in [1.807, 2.05) is 0 Å². The second kappa shape index (κ2) is 7.51. The smallest absolute Gasteiger partial charge is 0.406 e. The number of anilines is 1. The molecule has 0 saturated heterocycles. The summed E-state index contributed by atoms with van der Waals surface area (Å²) in [5.74, 6) is -1.16. The standard InChI is InChI=1S/C19H17F3N2O4/c1-24-16-7-4-12(11-2-5-13(6-3-11)28-19(20,21)22)10-14(16)17(26)23-15(8-9-25)18(24)27/h2-7,10,15,25H,8-9H2,1H3,(H,23,26)/t15-/m0/s1. The fourth-order valence-corrected chi connectivity index (χ4v) is 3.01. The Morgan fingerprint density at radius 3 is 2.36 bits per heavy atom. The van der Waals surface area contributed by atoms with Gasteiger partial charge in [0.05, 0.1) is 11.3 Å². The number of amides is 2. The van der Waals surface area contributed by atoms with E-state index in [1.54, 1.807) is 18.2 Å². The average Bonchev–Trinajstić information content (AvgIpc) is 2.72. The quantitative estimate of drug-likeness (QED) is 0.836. The van der Waals surface area contributed by atoms with Gasteiger partial charge in [0, 0.05) is 13.7 Å². The van der Waals surface area contributed by atoms with Crippen molar-refractivity contribution in [3.63, 3.8) is 0 Å². The first kappa shape index (κ1) is 19.7. The lowest BCUT2D eigenvalue weighted by molar-refractivity contribution is -0.274. The van der Waals surface area contributed by atoms with Crippen molar-refractivity contribution in [3.05, 3.63) is 48.0 Å². The van der Waals surface area contributed by atoms with Gasteiger partial charge in [-0.1, -0.05) is 18.2 Å². The number of likely N-dealkylation sites (N-methyl/N-ethyl adjacent to an activating group) is 1. The molecule has 0 saturated carbocycles. The van der Waals surface area contributed by atoms with Crippen LogP contribution in [0.4, 0.5) is 18.9 Å². The van der Waals surface area contributed by atoms with Gasteiger partial charge in [-0.3, -0.25) is 9.59 Å². The van der Waals surface area contributed by atoms with Crippen LogP contribution in [-0.4, -0.2) is 43.0 Å². The van der Waals surface area contributed by atoms with E-state index >= 15 is 0 Å². The number of rotatable bonds is 4. The lowest BCUT2D eigenvalue weighted by Gasteiger charge is -2.20. The third-order valence-corrected chi connectivity index (χ3v) is 4.38. The molecule has 1 heterocycles. The number of hydrogen-bond acceptors (Lipinski definition) is 4. The first-order valence-electron chi connectivity index (χ1n) is 8.39. The van der Waals surface area contributed by atoms with Crippen LogP contribution in [0.1, 0.15) is 16.8 Å². The van der Waals surface area contributed by atoms with Gasteiger partial charge < -0.3 is 20.1 Å². The Bertz CT molecular complexity index is 897. The Balaban J connectivity index is 1.92. The molecule has 0 radical (unpaired) electrons. The van der Waals surface area contributed by atoms with E-state index in [1.165, 1.54) is 36.2 Å². The molecule has 0 aliphatic carbocycles. The number of hydrogen-bond donors (Lipinski definition) is 2. The maximum absolute atomic E-state index is 12.6. The molecule has 2 aromatic carbocycles. The molecule has 0 aromatic heterocycles. The molecule has 2 amide bonds. The fourth-order valence-electron chi connectivity index (χ4n) is 3.01. The van der Waals surface area contributed by atoms with Gasteiger partial charge in [0.25, 0.3) is 5.91 Å². The number of benzene rings is 2. The second-order valence-corrected chi connectivity index (χ2v) is 6.24. The van der Waals surface area contributed by atoms with Gasteiger partial charge in [0.1, 0.15) is 11.8 Å². The van der Waals surface area contributed by atoms with Crippen LogP contribution < -0.4 is 15.0 Å². The molecule has 0 unspecified atom stereocenters. The Morgan fingerprint density at radius 1 is 1.11 bits per heavy atom. The highest BCUT2D eigenvalue weighted by atomic mass is 19.4. The highest BCUT2D eigenvalue weighted by molar-refractivity contribution is 6.11. The molecular formula is C19H17F3N2O4. The molecule has 2 aromatic rings. The van der Waals surface area contributed by atoms with E-state index in [4.69, 9.17) is 5.11 Å². The molecule has 28 heavy (non-hydrogen) atoms. The highest BCUT2D eigenvalue weighted by Crippen LogP contribution is 2.31. The van der Waals surface area contributed by atoms with Crippen LogP contribution in [0.2, 0.25) is 0 Å². The van der Waals surface area contributed by atoms with Crippen LogP contribution in [0.3, 0.4) is 0 Å². The molecule has 1 aliphatic rings. The van der Waals surface area contributed by atoms with E-state index < -0.39 is 18.3 Å². The van der Waals surface area contributed by atoms with E-state index in [-0.39, 0.29) is 30.2 Å². The number of carbonyl (C=O) groups is 2. The molecule has 148 valence electrons. The SMILES string of the molecule is CN1C(=O)[C@H](CCO)NC(=O)c2cc(-c3ccc(OC(F)(F)F)cc3)ccc21. The van der Waals surface area contributed by atoms with Crippen molar-refractivity contribution in [3.8, 4) is 16.9 Å². The van der Waals surface area contributed by atoms with Crippen molar-refractivity contribution >= 4 is 17.5 Å². The van der Waals surface area contributed by atoms with Gasteiger partial charge in [0.2, 0.25) is 5.91 Å². The van der Waals surface area contributed by atoms with Crippen LogP contribution in [0.15, 0.2) is 42.5 Å². The Labute approximate surface area is 158 Å². The van der Waals surface area contributed by atoms with Crippen LogP contribution >= 0.6 is 0 Å².